The van der Waals surface area contributed by atoms with Gasteiger partial charge in [-0.2, -0.15) is 0 Å². The Morgan fingerprint density at radius 2 is 2.06 bits per heavy atom. The maximum absolute atomic E-state index is 12.7. The molecule has 1 aliphatic heterocycles. The number of carbonyl (C=O) groups is 1. The molecular weight excluding hydrogens is 207 g/mol. The van der Waals surface area contributed by atoms with E-state index >= 15 is 0 Å². The van der Waals surface area contributed by atoms with Crippen LogP contribution < -0.4 is 10.6 Å². The first-order valence-corrected chi connectivity index (χ1v) is 5.43. The minimum atomic E-state index is -0.259. The van der Waals surface area contributed by atoms with E-state index in [1.54, 1.807) is 12.1 Å². The van der Waals surface area contributed by atoms with Crippen molar-refractivity contribution >= 4 is 5.91 Å². The van der Waals surface area contributed by atoms with Crippen LogP contribution in [0.25, 0.3) is 0 Å². The molecule has 0 aromatic heterocycles. The fourth-order valence-corrected chi connectivity index (χ4v) is 1.64. The Morgan fingerprint density at radius 3 is 2.56 bits per heavy atom. The third kappa shape index (κ3) is 2.39. The summed E-state index contributed by atoms with van der Waals surface area (Å²) in [7, 11) is 0. The van der Waals surface area contributed by atoms with E-state index in [-0.39, 0.29) is 23.7 Å². The molecule has 1 aliphatic rings. The lowest BCUT2D eigenvalue weighted by Gasteiger charge is -2.27. The quantitative estimate of drug-likeness (QED) is 0.807. The molecular formula is C12H15FN2O. The maximum Gasteiger partial charge on any atom is 0.226 e. The van der Waals surface area contributed by atoms with Gasteiger partial charge < -0.3 is 10.6 Å². The maximum atomic E-state index is 12.7. The Morgan fingerprint density at radius 1 is 1.44 bits per heavy atom. The van der Waals surface area contributed by atoms with Crippen LogP contribution in [0.1, 0.15) is 18.5 Å². The molecule has 0 spiro atoms. The summed E-state index contributed by atoms with van der Waals surface area (Å²) in [6, 6.07) is 6.12. The van der Waals surface area contributed by atoms with Crippen LogP contribution in [0.4, 0.5) is 4.39 Å². The zero-order valence-electron chi connectivity index (χ0n) is 9.16. The molecule has 16 heavy (non-hydrogen) atoms. The molecule has 1 amide bonds. The fraction of sp³-hybridized carbons (Fsp3) is 0.417. The van der Waals surface area contributed by atoms with Gasteiger partial charge in [-0.3, -0.25) is 4.79 Å². The van der Waals surface area contributed by atoms with E-state index < -0.39 is 0 Å². The molecule has 2 N–H and O–H groups in total. The zero-order valence-corrected chi connectivity index (χ0v) is 9.16. The Bertz CT molecular complexity index is 373. The van der Waals surface area contributed by atoms with Crippen LogP contribution in [0, 0.1) is 11.7 Å². The minimum absolute atomic E-state index is 0.0653. The number of hydrogen-bond acceptors (Lipinski definition) is 2. The third-order valence-corrected chi connectivity index (χ3v) is 2.88. The standard InChI is InChI=1S/C12H15FN2O/c1-8(9-2-4-11(13)5-3-9)15-12(16)10-6-14-7-10/h2-5,8,10,14H,6-7H2,1H3,(H,15,16)/t8-/m0/s1. The molecule has 1 saturated heterocycles. The predicted octanol–water partition coefficient (Wildman–Crippen LogP) is 1.22. The highest BCUT2D eigenvalue weighted by Crippen LogP contribution is 2.14. The van der Waals surface area contributed by atoms with E-state index in [0.29, 0.717) is 0 Å². The molecule has 4 heteroatoms. The normalized spacial score (nSPS) is 17.6. The van der Waals surface area contributed by atoms with Crippen LogP contribution in [0.2, 0.25) is 0 Å². The van der Waals surface area contributed by atoms with Gasteiger partial charge in [0.25, 0.3) is 0 Å². The van der Waals surface area contributed by atoms with E-state index in [0.717, 1.165) is 18.7 Å². The van der Waals surface area contributed by atoms with E-state index in [2.05, 4.69) is 10.6 Å². The highest BCUT2D eigenvalue weighted by molar-refractivity contribution is 5.80. The lowest BCUT2D eigenvalue weighted by atomic mass is 10.0. The molecule has 1 aromatic rings. The molecule has 0 radical (unpaired) electrons. The van der Waals surface area contributed by atoms with Crippen molar-refractivity contribution in [1.82, 2.24) is 10.6 Å². The number of carbonyl (C=O) groups excluding carboxylic acids is 1. The van der Waals surface area contributed by atoms with Gasteiger partial charge in [0.05, 0.1) is 12.0 Å². The number of amides is 1. The summed E-state index contributed by atoms with van der Waals surface area (Å²) >= 11 is 0. The van der Waals surface area contributed by atoms with E-state index in [1.807, 2.05) is 6.92 Å². The number of nitrogens with one attached hydrogen (secondary N) is 2. The third-order valence-electron chi connectivity index (χ3n) is 2.88. The van der Waals surface area contributed by atoms with Gasteiger partial charge in [0.15, 0.2) is 0 Å². The topological polar surface area (TPSA) is 41.1 Å². The van der Waals surface area contributed by atoms with E-state index in [9.17, 15) is 9.18 Å². The molecule has 86 valence electrons. The monoisotopic (exact) mass is 222 g/mol. The smallest absolute Gasteiger partial charge is 0.226 e. The molecule has 3 nitrogen and oxygen atoms in total. The van der Waals surface area contributed by atoms with Crippen molar-refractivity contribution in [3.8, 4) is 0 Å². The number of rotatable bonds is 3. The lowest BCUT2D eigenvalue weighted by molar-refractivity contribution is -0.127. The molecule has 2 rings (SSSR count). The average molecular weight is 222 g/mol. The first-order chi connectivity index (χ1) is 7.66. The first-order valence-electron chi connectivity index (χ1n) is 5.43. The van der Waals surface area contributed by atoms with Crippen LogP contribution in [-0.2, 0) is 4.79 Å². The Kier molecular flexibility index (Phi) is 3.19. The fourth-order valence-electron chi connectivity index (χ4n) is 1.64. The largest absolute Gasteiger partial charge is 0.349 e. The van der Waals surface area contributed by atoms with Crippen LogP contribution in [0.3, 0.4) is 0 Å². The van der Waals surface area contributed by atoms with Gasteiger partial charge in [-0.15, -0.1) is 0 Å². The predicted molar refractivity (Wildman–Crippen MR) is 59.3 cm³/mol. The minimum Gasteiger partial charge on any atom is -0.349 e. The van der Waals surface area contributed by atoms with Crippen molar-refractivity contribution in [1.29, 1.82) is 0 Å². The zero-order chi connectivity index (χ0) is 11.5. The van der Waals surface area contributed by atoms with Crippen molar-refractivity contribution < 1.29 is 9.18 Å². The summed E-state index contributed by atoms with van der Waals surface area (Å²) < 4.78 is 12.7. The second-order valence-electron chi connectivity index (χ2n) is 4.14. The van der Waals surface area contributed by atoms with Gasteiger partial charge in [-0.25, -0.2) is 4.39 Å². The van der Waals surface area contributed by atoms with Gasteiger partial charge in [-0.05, 0) is 24.6 Å². The van der Waals surface area contributed by atoms with Crippen molar-refractivity contribution in [2.75, 3.05) is 13.1 Å². The molecule has 0 saturated carbocycles. The van der Waals surface area contributed by atoms with Crippen LogP contribution in [0.5, 0.6) is 0 Å². The molecule has 1 atom stereocenters. The first kappa shape index (κ1) is 11.1. The molecule has 1 heterocycles. The van der Waals surface area contributed by atoms with Crippen molar-refractivity contribution in [2.45, 2.75) is 13.0 Å². The van der Waals surface area contributed by atoms with Crippen LogP contribution in [0.15, 0.2) is 24.3 Å². The summed E-state index contributed by atoms with van der Waals surface area (Å²) in [5, 5.41) is 5.97. The van der Waals surface area contributed by atoms with Crippen molar-refractivity contribution in [3.05, 3.63) is 35.6 Å². The molecule has 1 fully saturated rings. The number of benzene rings is 1. The average Bonchev–Trinajstić information content (AvgIpc) is 2.15. The summed E-state index contributed by atoms with van der Waals surface area (Å²) in [6.07, 6.45) is 0. The SMILES string of the molecule is C[C@H](NC(=O)C1CNC1)c1ccc(F)cc1. The molecule has 0 unspecified atom stereocenters. The number of halogens is 1. The summed E-state index contributed by atoms with van der Waals surface area (Å²) in [6.45, 7) is 3.40. The summed E-state index contributed by atoms with van der Waals surface area (Å²) in [4.78, 5) is 11.7. The second-order valence-corrected chi connectivity index (χ2v) is 4.14. The Labute approximate surface area is 94.0 Å². The lowest BCUT2D eigenvalue weighted by Crippen LogP contribution is -2.51. The Balaban J connectivity index is 1.94. The van der Waals surface area contributed by atoms with Crippen LogP contribution in [-0.4, -0.2) is 19.0 Å². The van der Waals surface area contributed by atoms with Crippen molar-refractivity contribution in [2.24, 2.45) is 5.92 Å². The molecule has 0 aliphatic carbocycles. The second kappa shape index (κ2) is 4.61. The van der Waals surface area contributed by atoms with Gasteiger partial charge in [0.2, 0.25) is 5.91 Å². The highest BCUT2D eigenvalue weighted by Gasteiger charge is 2.25. The highest BCUT2D eigenvalue weighted by atomic mass is 19.1. The van der Waals surface area contributed by atoms with Crippen molar-refractivity contribution in [3.63, 3.8) is 0 Å². The Hall–Kier alpha value is -1.42. The summed E-state index contributed by atoms with van der Waals surface area (Å²) in [5.41, 5.74) is 0.919. The van der Waals surface area contributed by atoms with Gasteiger partial charge in [-0.1, -0.05) is 12.1 Å². The van der Waals surface area contributed by atoms with E-state index in [1.165, 1.54) is 12.1 Å². The van der Waals surface area contributed by atoms with Gasteiger partial charge in [0.1, 0.15) is 5.82 Å². The van der Waals surface area contributed by atoms with Gasteiger partial charge in [0, 0.05) is 13.1 Å². The van der Waals surface area contributed by atoms with Gasteiger partial charge >= 0.3 is 0 Å². The van der Waals surface area contributed by atoms with Crippen LogP contribution >= 0.6 is 0 Å². The van der Waals surface area contributed by atoms with E-state index in [4.69, 9.17) is 0 Å². The molecule has 1 aromatic carbocycles. The number of hydrogen-bond donors (Lipinski definition) is 2. The molecule has 0 bridgehead atoms. The summed E-state index contributed by atoms with van der Waals surface area (Å²) in [5.74, 6) is -0.107.